The maximum absolute atomic E-state index is 10.9. The highest BCUT2D eigenvalue weighted by molar-refractivity contribution is 5.86. The number of imidazole rings is 1. The summed E-state index contributed by atoms with van der Waals surface area (Å²) in [5.41, 5.74) is -0.503. The van der Waals surface area contributed by atoms with Crippen LogP contribution in [0.5, 0.6) is 0 Å². The van der Waals surface area contributed by atoms with Crippen molar-refractivity contribution in [2.45, 2.75) is 26.2 Å². The van der Waals surface area contributed by atoms with E-state index in [2.05, 4.69) is 9.97 Å². The molecule has 1 heterocycles. The van der Waals surface area contributed by atoms with Crippen LogP contribution < -0.4 is 5.69 Å². The van der Waals surface area contributed by atoms with Crippen molar-refractivity contribution in [2.24, 2.45) is 0 Å². The first-order valence-corrected chi connectivity index (χ1v) is 3.88. The number of nitrogens with one attached hydrogen (secondary N) is 2. The van der Waals surface area contributed by atoms with Crippen LogP contribution in [0.15, 0.2) is 4.79 Å². The van der Waals surface area contributed by atoms with Crippen LogP contribution in [0, 0.1) is 0 Å². The molecule has 0 saturated carbocycles. The van der Waals surface area contributed by atoms with Gasteiger partial charge in [0, 0.05) is 5.41 Å². The summed E-state index contributed by atoms with van der Waals surface area (Å²) in [7, 11) is 0. The third kappa shape index (κ3) is 1.80. The molecule has 0 aliphatic carbocycles. The summed E-state index contributed by atoms with van der Waals surface area (Å²) in [5.74, 6) is -1.12. The number of hydrogen-bond donors (Lipinski definition) is 3. The predicted molar refractivity (Wildman–Crippen MR) is 47.1 cm³/mol. The fourth-order valence-electron chi connectivity index (χ4n) is 1.11. The molecule has 0 aliphatic rings. The largest absolute Gasteiger partial charge is 0.477 e. The van der Waals surface area contributed by atoms with E-state index in [4.69, 9.17) is 5.11 Å². The fraction of sp³-hybridized carbons (Fsp3) is 0.500. The van der Waals surface area contributed by atoms with E-state index in [1.54, 1.807) is 0 Å². The van der Waals surface area contributed by atoms with E-state index in [-0.39, 0.29) is 11.1 Å². The molecule has 0 aromatic carbocycles. The normalized spacial score (nSPS) is 11.6. The molecule has 0 spiro atoms. The molecule has 1 aromatic rings. The average Bonchev–Trinajstić information content (AvgIpc) is 2.29. The van der Waals surface area contributed by atoms with E-state index < -0.39 is 11.7 Å². The van der Waals surface area contributed by atoms with Gasteiger partial charge in [0.25, 0.3) is 0 Å². The van der Waals surface area contributed by atoms with Gasteiger partial charge in [0.15, 0.2) is 0 Å². The Morgan fingerprint density at radius 2 is 1.85 bits per heavy atom. The zero-order chi connectivity index (χ0) is 10.2. The molecule has 5 nitrogen and oxygen atoms in total. The molecule has 0 fully saturated rings. The summed E-state index contributed by atoms with van der Waals surface area (Å²) in [5, 5.41) is 8.75. The summed E-state index contributed by atoms with van der Waals surface area (Å²) < 4.78 is 0. The van der Waals surface area contributed by atoms with Gasteiger partial charge in [-0.15, -0.1) is 0 Å². The lowest BCUT2D eigenvalue weighted by Gasteiger charge is -2.16. The molecule has 0 bridgehead atoms. The van der Waals surface area contributed by atoms with E-state index in [0.717, 1.165) is 0 Å². The topological polar surface area (TPSA) is 86.0 Å². The second kappa shape index (κ2) is 2.76. The predicted octanol–water partition coefficient (Wildman–Crippen LogP) is 0.699. The number of H-pyrrole nitrogens is 2. The van der Waals surface area contributed by atoms with Crippen molar-refractivity contribution in [2.75, 3.05) is 0 Å². The quantitative estimate of drug-likeness (QED) is 0.600. The number of aromatic nitrogens is 2. The number of rotatable bonds is 1. The number of carboxylic acids is 1. The van der Waals surface area contributed by atoms with Crippen LogP contribution in [0.25, 0.3) is 0 Å². The van der Waals surface area contributed by atoms with Gasteiger partial charge in [-0.1, -0.05) is 20.8 Å². The van der Waals surface area contributed by atoms with Crippen LogP contribution >= 0.6 is 0 Å². The van der Waals surface area contributed by atoms with Gasteiger partial charge in [-0.3, -0.25) is 4.98 Å². The highest BCUT2D eigenvalue weighted by Crippen LogP contribution is 2.21. The maximum Gasteiger partial charge on any atom is 0.354 e. The first-order chi connectivity index (χ1) is 5.82. The molecule has 0 radical (unpaired) electrons. The molecule has 1 rings (SSSR count). The molecule has 1 aromatic heterocycles. The molecule has 72 valence electrons. The molecular weight excluding hydrogens is 172 g/mol. The van der Waals surface area contributed by atoms with Gasteiger partial charge >= 0.3 is 11.7 Å². The van der Waals surface area contributed by atoms with Crippen LogP contribution in [0.4, 0.5) is 0 Å². The van der Waals surface area contributed by atoms with E-state index in [1.807, 2.05) is 20.8 Å². The van der Waals surface area contributed by atoms with Crippen molar-refractivity contribution in [3.05, 3.63) is 21.9 Å². The Morgan fingerprint density at radius 3 is 2.15 bits per heavy atom. The number of aromatic amines is 2. The molecule has 0 unspecified atom stereocenters. The maximum atomic E-state index is 10.9. The summed E-state index contributed by atoms with van der Waals surface area (Å²) in [6.45, 7) is 5.50. The van der Waals surface area contributed by atoms with Gasteiger partial charge in [-0.05, 0) is 0 Å². The zero-order valence-corrected chi connectivity index (χ0v) is 7.76. The summed E-state index contributed by atoms with van der Waals surface area (Å²) in [6.07, 6.45) is 0. The Balaban J connectivity index is 3.36. The Kier molecular flexibility index (Phi) is 2.03. The van der Waals surface area contributed by atoms with Gasteiger partial charge in [0.2, 0.25) is 0 Å². The second-order valence-electron chi connectivity index (χ2n) is 3.88. The summed E-state index contributed by atoms with van der Waals surface area (Å²) >= 11 is 0. The van der Waals surface area contributed by atoms with E-state index in [1.165, 1.54) is 0 Å². The van der Waals surface area contributed by atoms with Gasteiger partial charge < -0.3 is 10.1 Å². The Hall–Kier alpha value is -1.52. The minimum atomic E-state index is -1.12. The number of carbonyl (C=O) groups is 1. The number of carboxylic acid groups (broad SMARTS) is 1. The SMILES string of the molecule is CC(C)(C)c1[nH]c(=O)[nH]c1C(=O)O. The third-order valence-electron chi connectivity index (χ3n) is 1.69. The van der Waals surface area contributed by atoms with Crippen molar-refractivity contribution < 1.29 is 9.90 Å². The van der Waals surface area contributed by atoms with Gasteiger partial charge in [0.1, 0.15) is 5.69 Å². The van der Waals surface area contributed by atoms with Crippen molar-refractivity contribution in [1.29, 1.82) is 0 Å². The molecule has 3 N–H and O–H groups in total. The van der Waals surface area contributed by atoms with Crippen LogP contribution in [0.1, 0.15) is 37.0 Å². The molecule has 0 amide bonds. The van der Waals surface area contributed by atoms with Crippen molar-refractivity contribution in [3.8, 4) is 0 Å². The van der Waals surface area contributed by atoms with Crippen LogP contribution in [-0.2, 0) is 5.41 Å². The Labute approximate surface area is 74.8 Å². The number of aromatic carboxylic acids is 1. The highest BCUT2D eigenvalue weighted by atomic mass is 16.4. The third-order valence-corrected chi connectivity index (χ3v) is 1.69. The fourth-order valence-corrected chi connectivity index (χ4v) is 1.11. The van der Waals surface area contributed by atoms with Crippen molar-refractivity contribution >= 4 is 5.97 Å². The minimum Gasteiger partial charge on any atom is -0.477 e. The van der Waals surface area contributed by atoms with Gasteiger partial charge in [-0.25, -0.2) is 9.59 Å². The van der Waals surface area contributed by atoms with Crippen molar-refractivity contribution in [3.63, 3.8) is 0 Å². The number of hydrogen-bond acceptors (Lipinski definition) is 2. The molecule has 13 heavy (non-hydrogen) atoms. The van der Waals surface area contributed by atoms with Crippen LogP contribution in [0.2, 0.25) is 0 Å². The van der Waals surface area contributed by atoms with Crippen molar-refractivity contribution in [1.82, 2.24) is 9.97 Å². The Morgan fingerprint density at radius 1 is 1.31 bits per heavy atom. The lowest BCUT2D eigenvalue weighted by atomic mass is 9.91. The molecule has 5 heteroatoms. The Bertz CT molecular complexity index is 381. The van der Waals surface area contributed by atoms with Gasteiger partial charge in [-0.2, -0.15) is 0 Å². The van der Waals surface area contributed by atoms with Crippen LogP contribution in [-0.4, -0.2) is 21.0 Å². The molecule has 0 atom stereocenters. The molecular formula is C8H12N2O3. The van der Waals surface area contributed by atoms with E-state index >= 15 is 0 Å². The van der Waals surface area contributed by atoms with E-state index in [9.17, 15) is 9.59 Å². The smallest absolute Gasteiger partial charge is 0.354 e. The standard InChI is InChI=1S/C8H12N2O3/c1-8(2,3)5-4(6(11)12)9-7(13)10-5/h1-3H3,(H,11,12)(H2,9,10,13). The molecule has 0 saturated heterocycles. The first-order valence-electron chi connectivity index (χ1n) is 3.88. The highest BCUT2D eigenvalue weighted by Gasteiger charge is 2.24. The monoisotopic (exact) mass is 184 g/mol. The summed E-state index contributed by atoms with van der Waals surface area (Å²) in [4.78, 5) is 26.3. The molecule has 0 aliphatic heterocycles. The van der Waals surface area contributed by atoms with Gasteiger partial charge in [0.05, 0.1) is 5.69 Å². The van der Waals surface area contributed by atoms with E-state index in [0.29, 0.717) is 5.69 Å². The average molecular weight is 184 g/mol. The summed E-state index contributed by atoms with van der Waals surface area (Å²) in [6, 6.07) is 0. The lowest BCUT2D eigenvalue weighted by Crippen LogP contribution is -2.17. The zero-order valence-electron chi connectivity index (χ0n) is 7.76. The van der Waals surface area contributed by atoms with Crippen LogP contribution in [0.3, 0.4) is 0 Å². The minimum absolute atomic E-state index is 0.0579. The second-order valence-corrected chi connectivity index (χ2v) is 3.88. The first kappa shape index (κ1) is 9.57. The lowest BCUT2D eigenvalue weighted by molar-refractivity contribution is 0.0688.